The first kappa shape index (κ1) is 17.2. The topological polar surface area (TPSA) is 49.6 Å². The normalized spacial score (nSPS) is 10.1. The molecule has 1 aromatic rings. The predicted molar refractivity (Wildman–Crippen MR) is 86.6 cm³/mol. The SMILES string of the molecule is CCCN(CC(=O)N(C)C)Cc1ccccc1C#CCN. The zero-order chi connectivity index (χ0) is 15.7. The Morgan fingerprint density at radius 2 is 2.00 bits per heavy atom. The molecule has 0 unspecified atom stereocenters. The third-order valence-corrected chi connectivity index (χ3v) is 3.13. The van der Waals surface area contributed by atoms with Crippen molar-refractivity contribution in [2.24, 2.45) is 5.73 Å². The van der Waals surface area contributed by atoms with Crippen LogP contribution in [0.4, 0.5) is 0 Å². The summed E-state index contributed by atoms with van der Waals surface area (Å²) in [6.45, 7) is 4.51. The predicted octanol–water partition coefficient (Wildman–Crippen LogP) is 1.30. The van der Waals surface area contributed by atoms with Crippen LogP contribution in [-0.2, 0) is 11.3 Å². The Balaban J connectivity index is 2.86. The highest BCUT2D eigenvalue weighted by Crippen LogP contribution is 2.11. The highest BCUT2D eigenvalue weighted by molar-refractivity contribution is 5.77. The Morgan fingerprint density at radius 3 is 2.62 bits per heavy atom. The number of carbonyl (C=O) groups excluding carboxylic acids is 1. The van der Waals surface area contributed by atoms with Crippen molar-refractivity contribution in [3.05, 3.63) is 35.4 Å². The Morgan fingerprint density at radius 1 is 1.29 bits per heavy atom. The molecule has 4 nitrogen and oxygen atoms in total. The first-order chi connectivity index (χ1) is 10.1. The molecule has 1 rings (SSSR count). The van der Waals surface area contributed by atoms with E-state index >= 15 is 0 Å². The van der Waals surface area contributed by atoms with Crippen molar-refractivity contribution in [3.8, 4) is 11.8 Å². The molecular weight excluding hydrogens is 262 g/mol. The summed E-state index contributed by atoms with van der Waals surface area (Å²) in [4.78, 5) is 15.7. The average Bonchev–Trinajstić information content (AvgIpc) is 2.46. The van der Waals surface area contributed by atoms with Crippen LogP contribution in [0.1, 0.15) is 24.5 Å². The number of benzene rings is 1. The number of nitrogens with two attached hydrogens (primary N) is 1. The molecular formula is C17H25N3O. The van der Waals surface area contributed by atoms with Gasteiger partial charge in [-0.3, -0.25) is 9.69 Å². The lowest BCUT2D eigenvalue weighted by atomic mass is 10.1. The highest BCUT2D eigenvalue weighted by atomic mass is 16.2. The van der Waals surface area contributed by atoms with E-state index in [1.54, 1.807) is 19.0 Å². The third-order valence-electron chi connectivity index (χ3n) is 3.13. The van der Waals surface area contributed by atoms with Crippen molar-refractivity contribution in [1.29, 1.82) is 0 Å². The molecule has 0 heterocycles. The first-order valence-electron chi connectivity index (χ1n) is 7.27. The zero-order valence-corrected chi connectivity index (χ0v) is 13.2. The van der Waals surface area contributed by atoms with Gasteiger partial charge in [0.25, 0.3) is 0 Å². The Bertz CT molecular complexity index is 514. The second-order valence-corrected chi connectivity index (χ2v) is 5.16. The lowest BCUT2D eigenvalue weighted by molar-refractivity contribution is -0.130. The van der Waals surface area contributed by atoms with Gasteiger partial charge in [-0.1, -0.05) is 37.0 Å². The standard InChI is InChI=1S/C17H25N3O/c1-4-12-20(14-17(21)19(2)3)13-16-9-6-5-8-15(16)10-7-11-18/h5-6,8-9H,4,11-14,18H2,1-3H3. The molecule has 1 aromatic carbocycles. The van der Waals surface area contributed by atoms with Crippen LogP contribution < -0.4 is 5.73 Å². The number of hydrogen-bond acceptors (Lipinski definition) is 3. The van der Waals surface area contributed by atoms with E-state index in [4.69, 9.17) is 5.73 Å². The van der Waals surface area contributed by atoms with Gasteiger partial charge in [-0.05, 0) is 24.6 Å². The number of amides is 1. The minimum Gasteiger partial charge on any atom is -0.348 e. The van der Waals surface area contributed by atoms with E-state index in [1.807, 2.05) is 18.2 Å². The Kier molecular flexibility index (Phi) is 7.52. The fourth-order valence-corrected chi connectivity index (χ4v) is 2.03. The lowest BCUT2D eigenvalue weighted by Gasteiger charge is -2.23. The maximum Gasteiger partial charge on any atom is 0.236 e. The molecule has 1 amide bonds. The maximum atomic E-state index is 11.9. The van der Waals surface area contributed by atoms with Crippen LogP contribution in [0.2, 0.25) is 0 Å². The van der Waals surface area contributed by atoms with Gasteiger partial charge in [0, 0.05) is 26.2 Å². The van der Waals surface area contributed by atoms with Gasteiger partial charge in [0.15, 0.2) is 0 Å². The van der Waals surface area contributed by atoms with E-state index in [0.29, 0.717) is 13.1 Å². The molecule has 0 aliphatic heterocycles. The molecule has 0 fully saturated rings. The van der Waals surface area contributed by atoms with E-state index < -0.39 is 0 Å². The molecule has 0 saturated carbocycles. The van der Waals surface area contributed by atoms with Gasteiger partial charge >= 0.3 is 0 Å². The number of rotatable bonds is 6. The van der Waals surface area contributed by atoms with Crippen molar-refractivity contribution in [2.75, 3.05) is 33.7 Å². The summed E-state index contributed by atoms with van der Waals surface area (Å²) in [6.07, 6.45) is 1.01. The van der Waals surface area contributed by atoms with E-state index in [2.05, 4.69) is 29.7 Å². The summed E-state index contributed by atoms with van der Waals surface area (Å²) in [5.41, 5.74) is 7.57. The molecule has 114 valence electrons. The van der Waals surface area contributed by atoms with E-state index in [9.17, 15) is 4.79 Å². The largest absolute Gasteiger partial charge is 0.348 e. The summed E-state index contributed by atoms with van der Waals surface area (Å²) in [5, 5.41) is 0. The van der Waals surface area contributed by atoms with Crippen LogP contribution in [-0.4, -0.2) is 49.4 Å². The maximum absolute atomic E-state index is 11.9. The smallest absolute Gasteiger partial charge is 0.236 e. The number of hydrogen-bond donors (Lipinski definition) is 1. The summed E-state index contributed by atoms with van der Waals surface area (Å²) in [5.74, 6) is 6.11. The summed E-state index contributed by atoms with van der Waals surface area (Å²) in [7, 11) is 3.57. The minimum absolute atomic E-state index is 0.119. The van der Waals surface area contributed by atoms with Gasteiger partial charge in [-0.25, -0.2) is 0 Å². The van der Waals surface area contributed by atoms with Crippen molar-refractivity contribution >= 4 is 5.91 Å². The number of likely N-dealkylation sites (N-methyl/N-ethyl adjacent to an activating group) is 1. The molecule has 4 heteroatoms. The molecule has 2 N–H and O–H groups in total. The Labute approximate surface area is 127 Å². The second-order valence-electron chi connectivity index (χ2n) is 5.16. The molecule has 0 aliphatic rings. The van der Waals surface area contributed by atoms with Crippen LogP contribution in [0.15, 0.2) is 24.3 Å². The van der Waals surface area contributed by atoms with E-state index in [1.165, 1.54) is 0 Å². The van der Waals surface area contributed by atoms with Crippen LogP contribution in [0.25, 0.3) is 0 Å². The molecule has 0 aromatic heterocycles. The van der Waals surface area contributed by atoms with Crippen molar-refractivity contribution in [3.63, 3.8) is 0 Å². The molecule has 0 aliphatic carbocycles. The van der Waals surface area contributed by atoms with Crippen LogP contribution in [0, 0.1) is 11.8 Å². The number of carbonyl (C=O) groups is 1. The molecule has 0 bridgehead atoms. The third kappa shape index (κ3) is 5.99. The van der Waals surface area contributed by atoms with Crippen molar-refractivity contribution in [2.45, 2.75) is 19.9 Å². The quantitative estimate of drug-likeness (QED) is 0.802. The van der Waals surface area contributed by atoms with E-state index in [0.717, 1.165) is 30.6 Å². The van der Waals surface area contributed by atoms with Gasteiger partial charge in [0.1, 0.15) is 0 Å². The Hall–Kier alpha value is -1.83. The van der Waals surface area contributed by atoms with Gasteiger partial charge < -0.3 is 10.6 Å². The van der Waals surface area contributed by atoms with Crippen LogP contribution in [0.3, 0.4) is 0 Å². The molecule has 0 radical (unpaired) electrons. The zero-order valence-electron chi connectivity index (χ0n) is 13.2. The van der Waals surface area contributed by atoms with Gasteiger partial charge in [-0.2, -0.15) is 0 Å². The van der Waals surface area contributed by atoms with Crippen molar-refractivity contribution in [1.82, 2.24) is 9.80 Å². The molecule has 0 saturated heterocycles. The summed E-state index contributed by atoms with van der Waals surface area (Å²) in [6, 6.07) is 8.03. The van der Waals surface area contributed by atoms with E-state index in [-0.39, 0.29) is 5.91 Å². The highest BCUT2D eigenvalue weighted by Gasteiger charge is 2.13. The minimum atomic E-state index is 0.119. The fraction of sp³-hybridized carbons (Fsp3) is 0.471. The average molecular weight is 287 g/mol. The fourth-order valence-electron chi connectivity index (χ4n) is 2.03. The second kappa shape index (κ2) is 9.17. The summed E-state index contributed by atoms with van der Waals surface area (Å²) >= 11 is 0. The van der Waals surface area contributed by atoms with Gasteiger partial charge in [0.2, 0.25) is 5.91 Å². The van der Waals surface area contributed by atoms with Gasteiger partial charge in [-0.15, -0.1) is 0 Å². The number of nitrogens with zero attached hydrogens (tertiary/aromatic N) is 2. The van der Waals surface area contributed by atoms with Crippen molar-refractivity contribution < 1.29 is 4.79 Å². The van der Waals surface area contributed by atoms with Crippen LogP contribution >= 0.6 is 0 Å². The molecule has 0 atom stereocenters. The molecule has 21 heavy (non-hydrogen) atoms. The summed E-state index contributed by atoms with van der Waals surface area (Å²) < 4.78 is 0. The van der Waals surface area contributed by atoms with Gasteiger partial charge in [0.05, 0.1) is 13.1 Å². The first-order valence-corrected chi connectivity index (χ1v) is 7.27. The van der Waals surface area contributed by atoms with Crippen LogP contribution in [0.5, 0.6) is 0 Å². The lowest BCUT2D eigenvalue weighted by Crippen LogP contribution is -2.36. The molecule has 0 spiro atoms. The monoisotopic (exact) mass is 287 g/mol.